The van der Waals surface area contributed by atoms with Crippen LogP contribution in [0.2, 0.25) is 0 Å². The van der Waals surface area contributed by atoms with Gasteiger partial charge in [0.05, 0.1) is 0 Å². The molecule has 1 N–H and O–H groups in total. The van der Waals surface area contributed by atoms with Crippen molar-refractivity contribution in [1.82, 2.24) is 0 Å². The fraction of sp³-hybridized carbons (Fsp3) is 0.0769. The number of rotatable bonds is 3. The molecule has 94 valence electrons. The van der Waals surface area contributed by atoms with E-state index in [4.69, 9.17) is 0 Å². The second-order valence-electron chi connectivity index (χ2n) is 3.84. The zero-order chi connectivity index (χ0) is 13.2. The second-order valence-corrected chi connectivity index (χ2v) is 8.47. The normalized spacial score (nSPS) is 11.5. The zero-order valence-electron chi connectivity index (χ0n) is 9.38. The number of aliphatic hydroxyl groups is 1. The van der Waals surface area contributed by atoms with Crippen molar-refractivity contribution in [3.63, 3.8) is 0 Å². The van der Waals surface area contributed by atoms with Crippen LogP contribution in [0.5, 0.6) is 0 Å². The Bertz CT molecular complexity index is 564. The summed E-state index contributed by atoms with van der Waals surface area (Å²) in [6.07, 6.45) is -0.375. The Morgan fingerprint density at radius 3 is 1.72 bits per heavy atom. The first kappa shape index (κ1) is 14.0. The summed E-state index contributed by atoms with van der Waals surface area (Å²) in [5.41, 5.74) is 0. The zero-order valence-corrected chi connectivity index (χ0v) is 13.5. The van der Waals surface area contributed by atoms with E-state index >= 15 is 0 Å². The van der Waals surface area contributed by atoms with Gasteiger partial charge in [-0.1, -0.05) is 56.1 Å². The van der Waals surface area contributed by atoms with Gasteiger partial charge in [0.2, 0.25) is 0 Å². The molecule has 0 aromatic heterocycles. The van der Waals surface area contributed by atoms with Crippen LogP contribution < -0.4 is 10.6 Å². The first-order valence-corrected chi connectivity index (χ1v) is 8.76. The first-order valence-electron chi connectivity index (χ1n) is 5.28. The lowest BCUT2D eigenvalue weighted by Gasteiger charge is -2.17. The summed E-state index contributed by atoms with van der Waals surface area (Å²) in [6, 6.07) is 14.5. The molecule has 2 aromatic carbocycles. The third-order valence-electron chi connectivity index (χ3n) is 2.65. The predicted molar refractivity (Wildman–Crippen MR) is 82.2 cm³/mol. The Hall–Kier alpha value is -0.410. The number of hydrogen-bond acceptors (Lipinski definition) is 2. The van der Waals surface area contributed by atoms with Gasteiger partial charge in [-0.3, -0.25) is 0 Å². The Morgan fingerprint density at radius 2 is 1.39 bits per heavy atom. The van der Waals surface area contributed by atoms with Gasteiger partial charge in [0.15, 0.2) is 7.14 Å². The average Bonchev–Trinajstić information content (AvgIpc) is 2.38. The monoisotopic (exact) mass is 388 g/mol. The molecule has 0 bridgehead atoms. The van der Waals surface area contributed by atoms with Gasteiger partial charge >= 0.3 is 0 Å². The van der Waals surface area contributed by atoms with Crippen molar-refractivity contribution < 1.29 is 9.67 Å². The summed E-state index contributed by atoms with van der Waals surface area (Å²) in [5, 5.41) is 10.9. The molecule has 0 atom stereocenters. The molecule has 2 rings (SSSR count). The van der Waals surface area contributed by atoms with Crippen molar-refractivity contribution in [2.75, 3.05) is 6.35 Å². The molecule has 0 spiro atoms. The molecular weight excluding hydrogens is 379 g/mol. The molecular formula is C13H11Br2O2P. The van der Waals surface area contributed by atoms with Gasteiger partial charge in [0.1, 0.15) is 6.35 Å². The molecule has 0 amide bonds. The average molecular weight is 390 g/mol. The molecule has 0 saturated heterocycles. The van der Waals surface area contributed by atoms with Crippen LogP contribution in [0.15, 0.2) is 57.5 Å². The van der Waals surface area contributed by atoms with Crippen LogP contribution in [0.4, 0.5) is 0 Å². The quantitative estimate of drug-likeness (QED) is 0.816. The van der Waals surface area contributed by atoms with Gasteiger partial charge in [-0.05, 0) is 24.3 Å². The fourth-order valence-corrected chi connectivity index (χ4v) is 4.84. The predicted octanol–water partition coefficient (Wildman–Crippen LogP) is 3.48. The third-order valence-corrected chi connectivity index (χ3v) is 6.26. The molecule has 0 aliphatic rings. The van der Waals surface area contributed by atoms with E-state index in [1.54, 1.807) is 24.3 Å². The lowest BCUT2D eigenvalue weighted by atomic mass is 10.4. The second kappa shape index (κ2) is 5.70. The topological polar surface area (TPSA) is 37.3 Å². The minimum atomic E-state index is -2.96. The molecule has 0 saturated carbocycles. The highest BCUT2D eigenvalue weighted by Crippen LogP contribution is 2.42. The van der Waals surface area contributed by atoms with E-state index in [2.05, 4.69) is 31.9 Å². The number of halogens is 2. The largest absolute Gasteiger partial charge is 0.388 e. The van der Waals surface area contributed by atoms with Crippen molar-refractivity contribution in [1.29, 1.82) is 0 Å². The molecule has 18 heavy (non-hydrogen) atoms. The van der Waals surface area contributed by atoms with E-state index in [0.29, 0.717) is 10.6 Å². The van der Waals surface area contributed by atoms with Crippen LogP contribution in [0.25, 0.3) is 0 Å². The van der Waals surface area contributed by atoms with Crippen LogP contribution >= 0.6 is 39.0 Å². The Morgan fingerprint density at radius 1 is 0.944 bits per heavy atom. The van der Waals surface area contributed by atoms with Crippen LogP contribution in [0, 0.1) is 0 Å². The lowest BCUT2D eigenvalue weighted by Crippen LogP contribution is -2.18. The van der Waals surface area contributed by atoms with Gasteiger partial charge in [-0.2, -0.15) is 0 Å². The van der Waals surface area contributed by atoms with E-state index in [9.17, 15) is 9.67 Å². The molecule has 2 aromatic rings. The Labute approximate surface area is 123 Å². The maximum atomic E-state index is 13.0. The van der Waals surface area contributed by atoms with E-state index in [1.165, 1.54) is 0 Å². The molecule has 0 radical (unpaired) electrons. The number of aliphatic hydroxyl groups excluding tert-OH is 1. The van der Waals surface area contributed by atoms with Crippen LogP contribution in [0.1, 0.15) is 0 Å². The maximum absolute atomic E-state index is 13.0. The number of benzene rings is 2. The summed E-state index contributed by atoms with van der Waals surface area (Å²) in [6.45, 7) is 0. The van der Waals surface area contributed by atoms with E-state index < -0.39 is 7.14 Å². The minimum absolute atomic E-state index is 0.375. The lowest BCUT2D eigenvalue weighted by molar-refractivity contribution is 0.362. The minimum Gasteiger partial charge on any atom is -0.388 e. The highest BCUT2D eigenvalue weighted by molar-refractivity contribution is 9.10. The Kier molecular flexibility index (Phi) is 4.44. The van der Waals surface area contributed by atoms with Crippen molar-refractivity contribution >= 4 is 49.6 Å². The van der Waals surface area contributed by atoms with Crippen molar-refractivity contribution in [2.24, 2.45) is 0 Å². The molecule has 0 heterocycles. The van der Waals surface area contributed by atoms with Gasteiger partial charge in [-0.25, -0.2) is 0 Å². The number of hydrogen-bond donors (Lipinski definition) is 1. The van der Waals surface area contributed by atoms with Crippen molar-refractivity contribution in [2.45, 2.75) is 0 Å². The fourth-order valence-electron chi connectivity index (χ4n) is 1.71. The first-order chi connectivity index (χ1) is 8.56. The van der Waals surface area contributed by atoms with Crippen molar-refractivity contribution in [3.05, 3.63) is 57.5 Å². The highest BCUT2D eigenvalue weighted by atomic mass is 79.9. The molecule has 0 fully saturated rings. The van der Waals surface area contributed by atoms with Gasteiger partial charge in [0, 0.05) is 19.6 Å². The molecule has 2 nitrogen and oxygen atoms in total. The molecule has 0 unspecified atom stereocenters. The summed E-state index contributed by atoms with van der Waals surface area (Å²) >= 11 is 6.72. The van der Waals surface area contributed by atoms with Crippen LogP contribution in [-0.4, -0.2) is 11.5 Å². The molecule has 5 heteroatoms. The summed E-state index contributed by atoms with van der Waals surface area (Å²) in [7, 11) is -2.96. The standard InChI is InChI=1S/C13H11Br2O2P/c14-10-3-1-5-12(7-10)18(17,9-16)13-6-2-4-11(15)8-13/h1-8,16H,9H2. The summed E-state index contributed by atoms with van der Waals surface area (Å²) in [5.74, 6) is 0. The van der Waals surface area contributed by atoms with E-state index in [1.807, 2.05) is 24.3 Å². The van der Waals surface area contributed by atoms with Gasteiger partial charge in [0.25, 0.3) is 0 Å². The highest BCUT2D eigenvalue weighted by Gasteiger charge is 2.26. The SMILES string of the molecule is O=P(CO)(c1cccc(Br)c1)c1cccc(Br)c1. The van der Waals surface area contributed by atoms with Crippen LogP contribution in [-0.2, 0) is 4.57 Å². The van der Waals surface area contributed by atoms with Gasteiger partial charge < -0.3 is 9.67 Å². The maximum Gasteiger partial charge on any atom is 0.167 e. The van der Waals surface area contributed by atoms with Crippen LogP contribution in [0.3, 0.4) is 0 Å². The summed E-state index contributed by atoms with van der Waals surface area (Å²) < 4.78 is 14.7. The van der Waals surface area contributed by atoms with Crippen molar-refractivity contribution in [3.8, 4) is 0 Å². The Balaban J connectivity index is 2.59. The van der Waals surface area contributed by atoms with E-state index in [-0.39, 0.29) is 6.35 Å². The summed E-state index contributed by atoms with van der Waals surface area (Å²) in [4.78, 5) is 0. The smallest absolute Gasteiger partial charge is 0.167 e. The molecule has 0 aliphatic carbocycles. The van der Waals surface area contributed by atoms with Gasteiger partial charge in [-0.15, -0.1) is 0 Å². The molecule has 0 aliphatic heterocycles. The third kappa shape index (κ3) is 2.77. The van der Waals surface area contributed by atoms with E-state index in [0.717, 1.165) is 8.95 Å².